The first-order chi connectivity index (χ1) is 9.13. The lowest BCUT2D eigenvalue weighted by molar-refractivity contribution is 0.0222. The van der Waals surface area contributed by atoms with E-state index in [1.807, 2.05) is 30.3 Å². The average molecular weight is 317 g/mol. The highest BCUT2D eigenvalue weighted by Gasteiger charge is 2.42. The van der Waals surface area contributed by atoms with Gasteiger partial charge < -0.3 is 5.11 Å². The minimum Gasteiger partial charge on any atom is -0.377 e. The summed E-state index contributed by atoms with van der Waals surface area (Å²) in [5.74, 6) is -0.207. The largest absolute Gasteiger partial charge is 0.377 e. The Hall–Kier alpha value is -1.45. The molecule has 1 aliphatic carbocycles. The molecule has 0 aromatic heterocycles. The molecule has 1 N–H and O–H groups in total. The van der Waals surface area contributed by atoms with E-state index in [-0.39, 0.29) is 5.78 Å². The maximum atomic E-state index is 12.6. The Kier molecular flexibility index (Phi) is 3.03. The van der Waals surface area contributed by atoms with E-state index in [9.17, 15) is 9.90 Å². The normalized spacial score (nSPS) is 22.1. The lowest BCUT2D eigenvalue weighted by Gasteiger charge is -2.32. The van der Waals surface area contributed by atoms with Crippen molar-refractivity contribution < 1.29 is 9.90 Å². The molecular weight excluding hydrogens is 304 g/mol. The molecule has 1 atom stereocenters. The first-order valence-electron chi connectivity index (χ1n) is 6.23. The third-order valence-corrected chi connectivity index (χ3v) is 4.47. The Labute approximate surface area is 120 Å². The number of carbonyl (C=O) groups is 1. The van der Waals surface area contributed by atoms with Crippen LogP contribution in [0.15, 0.2) is 53.0 Å². The Morgan fingerprint density at radius 2 is 1.79 bits per heavy atom. The second kappa shape index (κ2) is 4.58. The summed E-state index contributed by atoms with van der Waals surface area (Å²) in [5.41, 5.74) is 0.889. The summed E-state index contributed by atoms with van der Waals surface area (Å²) in [5, 5.41) is 10.8. The molecule has 2 aromatic carbocycles. The van der Waals surface area contributed by atoms with E-state index >= 15 is 0 Å². The Balaban J connectivity index is 2.12. The molecular formula is C16H13BrO2. The van der Waals surface area contributed by atoms with Crippen molar-refractivity contribution in [2.75, 3.05) is 0 Å². The van der Waals surface area contributed by atoms with Crippen molar-refractivity contribution in [1.82, 2.24) is 0 Å². The van der Waals surface area contributed by atoms with Gasteiger partial charge in [0.25, 0.3) is 0 Å². The molecule has 0 spiro atoms. The number of rotatable bonds is 1. The molecule has 0 heterocycles. The van der Waals surface area contributed by atoms with Crippen LogP contribution in [0.2, 0.25) is 0 Å². The summed E-state index contributed by atoms with van der Waals surface area (Å²) >= 11 is 3.47. The summed E-state index contributed by atoms with van der Waals surface area (Å²) in [6.45, 7) is 0. The predicted molar refractivity (Wildman–Crippen MR) is 77.1 cm³/mol. The van der Waals surface area contributed by atoms with Gasteiger partial charge in [-0.15, -0.1) is 0 Å². The van der Waals surface area contributed by atoms with Gasteiger partial charge in [-0.05, 0) is 30.0 Å². The highest BCUT2D eigenvalue weighted by atomic mass is 79.9. The molecule has 3 heteroatoms. The van der Waals surface area contributed by atoms with Gasteiger partial charge in [0.2, 0.25) is 0 Å². The van der Waals surface area contributed by atoms with Gasteiger partial charge in [0.15, 0.2) is 11.4 Å². The molecule has 0 radical (unpaired) electrons. The van der Waals surface area contributed by atoms with Crippen molar-refractivity contribution in [3.63, 3.8) is 0 Å². The lowest BCUT2D eigenvalue weighted by Crippen LogP contribution is -2.40. The number of ketones is 1. The second-order valence-electron chi connectivity index (χ2n) is 4.82. The van der Waals surface area contributed by atoms with Crippen LogP contribution in [0, 0.1) is 0 Å². The SMILES string of the molecule is O=C1c2cccc(Br)c2CCC1(O)c1ccccc1. The fourth-order valence-electron chi connectivity index (χ4n) is 2.66. The van der Waals surface area contributed by atoms with Crippen LogP contribution in [0.4, 0.5) is 0 Å². The molecule has 2 aromatic rings. The van der Waals surface area contributed by atoms with Crippen LogP contribution in [-0.4, -0.2) is 10.9 Å². The summed E-state index contributed by atoms with van der Waals surface area (Å²) in [6, 6.07) is 14.7. The van der Waals surface area contributed by atoms with E-state index in [4.69, 9.17) is 0 Å². The highest BCUT2D eigenvalue weighted by Crippen LogP contribution is 2.38. The van der Waals surface area contributed by atoms with Gasteiger partial charge in [-0.3, -0.25) is 4.79 Å². The van der Waals surface area contributed by atoms with Crippen LogP contribution >= 0.6 is 15.9 Å². The predicted octanol–water partition coefficient (Wildman–Crippen LogP) is 3.47. The number of hydrogen-bond donors (Lipinski definition) is 1. The standard InChI is InChI=1S/C16H13BrO2/c17-14-8-4-7-13-12(14)9-10-16(19,15(13)18)11-5-2-1-3-6-11/h1-8,19H,9-10H2. The van der Waals surface area contributed by atoms with Gasteiger partial charge in [0.1, 0.15) is 0 Å². The van der Waals surface area contributed by atoms with E-state index in [2.05, 4.69) is 15.9 Å². The van der Waals surface area contributed by atoms with E-state index in [0.29, 0.717) is 24.0 Å². The van der Waals surface area contributed by atoms with Crippen LogP contribution in [0.25, 0.3) is 0 Å². The third kappa shape index (κ3) is 1.94. The maximum absolute atomic E-state index is 12.6. The lowest BCUT2D eigenvalue weighted by atomic mass is 9.75. The molecule has 1 unspecified atom stereocenters. The smallest absolute Gasteiger partial charge is 0.199 e. The highest BCUT2D eigenvalue weighted by molar-refractivity contribution is 9.10. The number of Topliss-reactive ketones (excluding diaryl/α,β-unsaturated/α-hetero) is 1. The second-order valence-corrected chi connectivity index (χ2v) is 5.68. The molecule has 0 aliphatic heterocycles. The fraction of sp³-hybridized carbons (Fsp3) is 0.188. The zero-order valence-corrected chi connectivity index (χ0v) is 11.9. The number of halogens is 1. The van der Waals surface area contributed by atoms with Gasteiger partial charge >= 0.3 is 0 Å². The minimum absolute atomic E-state index is 0.207. The Morgan fingerprint density at radius 1 is 1.05 bits per heavy atom. The number of benzene rings is 2. The molecule has 19 heavy (non-hydrogen) atoms. The van der Waals surface area contributed by atoms with Crippen LogP contribution in [0.1, 0.15) is 27.9 Å². The van der Waals surface area contributed by atoms with Gasteiger partial charge in [0.05, 0.1) is 0 Å². The van der Waals surface area contributed by atoms with E-state index in [1.54, 1.807) is 18.2 Å². The third-order valence-electron chi connectivity index (χ3n) is 3.73. The molecule has 0 saturated carbocycles. The molecule has 96 valence electrons. The molecule has 0 fully saturated rings. The van der Waals surface area contributed by atoms with Crippen LogP contribution < -0.4 is 0 Å². The summed E-state index contributed by atoms with van der Waals surface area (Å²) in [6.07, 6.45) is 1.11. The van der Waals surface area contributed by atoms with Crippen molar-refractivity contribution in [2.45, 2.75) is 18.4 Å². The quantitative estimate of drug-likeness (QED) is 0.874. The van der Waals surface area contributed by atoms with Crippen molar-refractivity contribution >= 4 is 21.7 Å². The van der Waals surface area contributed by atoms with Crippen LogP contribution in [0.5, 0.6) is 0 Å². The number of hydrogen-bond acceptors (Lipinski definition) is 2. The molecule has 2 nitrogen and oxygen atoms in total. The number of fused-ring (bicyclic) bond motifs is 1. The van der Waals surface area contributed by atoms with E-state index in [0.717, 1.165) is 10.0 Å². The van der Waals surface area contributed by atoms with E-state index < -0.39 is 5.60 Å². The molecule has 1 aliphatic rings. The average Bonchev–Trinajstić information content (AvgIpc) is 2.45. The fourth-order valence-corrected chi connectivity index (χ4v) is 3.22. The van der Waals surface area contributed by atoms with Crippen LogP contribution in [-0.2, 0) is 12.0 Å². The maximum Gasteiger partial charge on any atom is 0.199 e. The Morgan fingerprint density at radius 3 is 2.53 bits per heavy atom. The minimum atomic E-state index is -1.39. The molecule has 3 rings (SSSR count). The van der Waals surface area contributed by atoms with Crippen molar-refractivity contribution in [3.05, 3.63) is 69.7 Å². The van der Waals surface area contributed by atoms with E-state index in [1.165, 1.54) is 0 Å². The van der Waals surface area contributed by atoms with Crippen LogP contribution in [0.3, 0.4) is 0 Å². The monoisotopic (exact) mass is 316 g/mol. The topological polar surface area (TPSA) is 37.3 Å². The van der Waals surface area contributed by atoms with Gasteiger partial charge in [-0.1, -0.05) is 58.4 Å². The summed E-state index contributed by atoms with van der Waals surface area (Å²) in [7, 11) is 0. The van der Waals surface area contributed by atoms with Gasteiger partial charge in [-0.2, -0.15) is 0 Å². The Bertz CT molecular complexity index is 636. The number of aliphatic hydroxyl groups is 1. The van der Waals surface area contributed by atoms with Gasteiger partial charge in [-0.25, -0.2) is 0 Å². The van der Waals surface area contributed by atoms with Crippen molar-refractivity contribution in [1.29, 1.82) is 0 Å². The zero-order valence-electron chi connectivity index (χ0n) is 10.3. The van der Waals surface area contributed by atoms with Gasteiger partial charge in [0, 0.05) is 10.0 Å². The zero-order chi connectivity index (χ0) is 13.5. The number of carbonyl (C=O) groups excluding carboxylic acids is 1. The molecule has 0 bridgehead atoms. The molecule has 0 saturated heterocycles. The summed E-state index contributed by atoms with van der Waals surface area (Å²) < 4.78 is 0.938. The van der Waals surface area contributed by atoms with Crippen molar-refractivity contribution in [3.8, 4) is 0 Å². The first-order valence-corrected chi connectivity index (χ1v) is 7.02. The summed E-state index contributed by atoms with van der Waals surface area (Å²) in [4.78, 5) is 12.6. The van der Waals surface area contributed by atoms with Crippen molar-refractivity contribution in [2.24, 2.45) is 0 Å². The first kappa shape index (κ1) is 12.6. The molecule has 0 amide bonds.